The van der Waals surface area contributed by atoms with Gasteiger partial charge in [0.05, 0.1) is 37.6 Å². The number of hydrogen-bond donors (Lipinski definition) is 1. The van der Waals surface area contributed by atoms with Gasteiger partial charge in [0, 0.05) is 0 Å². The second kappa shape index (κ2) is 13.6. The first-order valence-corrected chi connectivity index (χ1v) is 34.2. The lowest BCUT2D eigenvalue weighted by atomic mass is 10.0. The molecule has 0 aliphatic heterocycles. The Hall–Kier alpha value is 1.06. The molecule has 0 fully saturated rings. The summed E-state index contributed by atoms with van der Waals surface area (Å²) >= 11 is 0. The van der Waals surface area contributed by atoms with Gasteiger partial charge in [-0.05, 0) is 98.2 Å². The fourth-order valence-electron chi connectivity index (χ4n) is 3.65. The van der Waals surface area contributed by atoms with Gasteiger partial charge in [0.25, 0.3) is 0 Å². The van der Waals surface area contributed by atoms with Crippen LogP contribution in [0, 0.1) is 0 Å². The molecule has 0 amide bonds. The van der Waals surface area contributed by atoms with E-state index in [2.05, 4.69) is 123 Å². The highest BCUT2D eigenvalue weighted by molar-refractivity contribution is 6.74. The molecule has 0 saturated carbocycles. The van der Waals surface area contributed by atoms with Crippen molar-refractivity contribution in [1.82, 2.24) is 4.98 Å². The molecule has 6 nitrogen and oxygen atoms in total. The van der Waals surface area contributed by atoms with Gasteiger partial charge in [-0.1, -0.05) is 19.6 Å². The predicted molar refractivity (Wildman–Crippen MR) is 174 cm³/mol. The van der Waals surface area contributed by atoms with Crippen molar-refractivity contribution in [2.24, 2.45) is 0 Å². The number of hydrogen-bond acceptors (Lipinski definition) is 6. The van der Waals surface area contributed by atoms with Gasteiger partial charge >= 0.3 is 0 Å². The first kappa shape index (κ1) is 37.1. The summed E-state index contributed by atoms with van der Waals surface area (Å²) in [6, 6.07) is 0.0242. The second-order valence-corrected chi connectivity index (χ2v) is 43.2. The van der Waals surface area contributed by atoms with E-state index in [-0.39, 0.29) is 24.4 Å². The largest absolute Gasteiger partial charge is 0.416 e. The van der Waals surface area contributed by atoms with Crippen LogP contribution in [0.1, 0.15) is 0 Å². The van der Waals surface area contributed by atoms with Gasteiger partial charge < -0.3 is 27.1 Å². The predicted octanol–water partition coefficient (Wildman–Crippen LogP) is 7.14. The zero-order valence-corrected chi connectivity index (χ0v) is 33.3. The molecule has 1 N–H and O–H groups in total. The molecule has 0 saturated heterocycles. The summed E-state index contributed by atoms with van der Waals surface area (Å²) in [5.74, 6) is 0. The molecular formula is C24H63NO5Si6. The van der Waals surface area contributed by atoms with Crippen molar-refractivity contribution in [3.63, 3.8) is 0 Å². The molecule has 0 unspecified atom stereocenters. The lowest BCUT2D eigenvalue weighted by molar-refractivity contribution is -0.0637. The van der Waals surface area contributed by atoms with Crippen molar-refractivity contribution in [3.05, 3.63) is 0 Å². The Morgan fingerprint density at radius 2 is 0.806 bits per heavy atom. The quantitative estimate of drug-likeness (QED) is 0.176. The minimum Gasteiger partial charge on any atom is -0.416 e. The summed E-state index contributed by atoms with van der Waals surface area (Å²) in [6.45, 7) is 42.0. The van der Waals surface area contributed by atoms with Crippen LogP contribution in [0.2, 0.25) is 118 Å². The molecule has 0 aromatic rings. The van der Waals surface area contributed by atoms with Crippen LogP contribution < -0.4 is 4.98 Å². The zero-order valence-electron chi connectivity index (χ0n) is 27.3. The molecule has 0 radical (unpaired) electrons. The lowest BCUT2D eigenvalue weighted by Crippen LogP contribution is -2.65. The molecule has 0 aliphatic rings. The fraction of sp³-hybridized carbons (Fsp3) is 1.00. The number of nitrogens with one attached hydrogen (secondary N) is 1. The molecule has 4 atom stereocenters. The van der Waals surface area contributed by atoms with Crippen LogP contribution in [0.3, 0.4) is 0 Å². The van der Waals surface area contributed by atoms with E-state index in [1.807, 2.05) is 0 Å². The second-order valence-electron chi connectivity index (χ2n) is 16.0. The van der Waals surface area contributed by atoms with Crippen LogP contribution in [-0.4, -0.2) is 87.4 Å². The molecule has 0 bridgehead atoms. The van der Waals surface area contributed by atoms with E-state index in [1.165, 1.54) is 0 Å². The van der Waals surface area contributed by atoms with Gasteiger partial charge in [0.1, 0.15) is 8.24 Å². The van der Waals surface area contributed by atoms with E-state index >= 15 is 0 Å². The third kappa shape index (κ3) is 20.0. The molecule has 0 aliphatic carbocycles. The van der Waals surface area contributed by atoms with E-state index in [9.17, 15) is 0 Å². The highest BCUT2D eigenvalue weighted by Crippen LogP contribution is 2.27. The Balaban J connectivity index is 6.80. The van der Waals surface area contributed by atoms with Crippen molar-refractivity contribution in [1.29, 1.82) is 0 Å². The summed E-state index contributed by atoms with van der Waals surface area (Å²) in [5.41, 5.74) is 0. The Morgan fingerprint density at radius 1 is 0.444 bits per heavy atom. The summed E-state index contributed by atoms with van der Waals surface area (Å²) in [6.07, 6.45) is -0.599. The van der Waals surface area contributed by atoms with Gasteiger partial charge in [-0.25, -0.2) is 0 Å². The maximum absolute atomic E-state index is 7.07. The first-order chi connectivity index (χ1) is 15.6. The van der Waals surface area contributed by atoms with Crippen molar-refractivity contribution < 1.29 is 22.1 Å². The minimum atomic E-state index is -1.96. The van der Waals surface area contributed by atoms with Crippen LogP contribution >= 0.6 is 0 Å². The van der Waals surface area contributed by atoms with Crippen molar-refractivity contribution in [3.8, 4) is 0 Å². The number of rotatable bonds is 17. The van der Waals surface area contributed by atoms with E-state index in [0.29, 0.717) is 13.2 Å². The van der Waals surface area contributed by atoms with Crippen molar-refractivity contribution >= 4 is 49.8 Å². The van der Waals surface area contributed by atoms with Gasteiger partial charge in [0.2, 0.25) is 0 Å². The van der Waals surface area contributed by atoms with Gasteiger partial charge in [-0.15, -0.1) is 0 Å². The van der Waals surface area contributed by atoms with Crippen LogP contribution in [0.15, 0.2) is 0 Å². The summed E-state index contributed by atoms with van der Waals surface area (Å²) in [5, 5.41) is 0. The maximum Gasteiger partial charge on any atom is 0.184 e. The molecule has 0 spiro atoms. The Morgan fingerprint density at radius 3 is 1.14 bits per heavy atom. The van der Waals surface area contributed by atoms with Crippen LogP contribution in [0.4, 0.5) is 0 Å². The zero-order chi connectivity index (χ0) is 29.0. The third-order valence-corrected chi connectivity index (χ3v) is 10.8. The van der Waals surface area contributed by atoms with Crippen LogP contribution in [0.25, 0.3) is 0 Å². The first-order valence-electron chi connectivity index (χ1n) is 13.7. The fourth-order valence-corrected chi connectivity index (χ4v) is 9.68. The van der Waals surface area contributed by atoms with Gasteiger partial charge in [-0.2, -0.15) is 0 Å². The molecule has 0 heterocycles. The third-order valence-electron chi connectivity index (χ3n) is 4.57. The highest BCUT2D eigenvalue weighted by Gasteiger charge is 2.44. The molecule has 218 valence electrons. The normalized spacial score (nSPS) is 18.2. The molecule has 0 aromatic carbocycles. The smallest absolute Gasteiger partial charge is 0.184 e. The highest BCUT2D eigenvalue weighted by atomic mass is 28.4. The molecular weight excluding hydrogens is 551 g/mol. The monoisotopic (exact) mass is 613 g/mol. The Bertz CT molecular complexity index is 586. The van der Waals surface area contributed by atoms with Gasteiger partial charge in [-0.3, -0.25) is 0 Å². The van der Waals surface area contributed by atoms with Crippen molar-refractivity contribution in [2.45, 2.75) is 142 Å². The Labute approximate surface area is 231 Å². The maximum atomic E-state index is 7.07. The average Bonchev–Trinajstić information content (AvgIpc) is 2.53. The average molecular weight is 614 g/mol. The summed E-state index contributed by atoms with van der Waals surface area (Å²) in [7, 11) is -11.0. The standard InChI is InChI=1S/C24H63NO5Si6/c1-31(2,3)25-21(19-26-32(4,5)6)23(29-35(13,14)15)24(30-36(16,17)18)22(28-34(10,11)12)20-27-33(7,8)9/h21-25H,19-20H2,1-18H3/t21-,22+,23+,24+/m0/s1. The summed E-state index contributed by atoms with van der Waals surface area (Å²) in [4.78, 5) is 4.00. The van der Waals surface area contributed by atoms with E-state index in [1.54, 1.807) is 0 Å². The lowest BCUT2D eigenvalue weighted by Gasteiger charge is -2.46. The van der Waals surface area contributed by atoms with E-state index in [0.717, 1.165) is 0 Å². The van der Waals surface area contributed by atoms with Crippen LogP contribution in [-0.2, 0) is 22.1 Å². The molecule has 12 heteroatoms. The minimum absolute atomic E-state index is 0.0242. The molecule has 0 aromatic heterocycles. The topological polar surface area (TPSA) is 58.2 Å². The SMILES string of the molecule is C[Si](C)(C)N[C@@H](CO[Si](C)(C)C)[C@@H](O[Si](C)(C)C)[C@H](O[Si](C)(C)C)[C@@H](CO[Si](C)(C)C)O[Si](C)(C)C. The summed E-state index contributed by atoms with van der Waals surface area (Å²) < 4.78 is 34.0. The molecule has 36 heavy (non-hydrogen) atoms. The van der Waals surface area contributed by atoms with Crippen LogP contribution in [0.5, 0.6) is 0 Å². The molecule has 0 rings (SSSR count). The van der Waals surface area contributed by atoms with E-state index < -0.39 is 49.8 Å². The van der Waals surface area contributed by atoms with E-state index in [4.69, 9.17) is 22.1 Å². The Kier molecular flexibility index (Phi) is 14.0. The van der Waals surface area contributed by atoms with Gasteiger partial charge in [0.15, 0.2) is 41.6 Å². The van der Waals surface area contributed by atoms with Crippen molar-refractivity contribution in [2.75, 3.05) is 13.2 Å².